The highest BCUT2D eigenvalue weighted by molar-refractivity contribution is 7.07. The minimum Gasteiger partial charge on any atom is -0.480 e. The number of thiophene rings is 1. The van der Waals surface area contributed by atoms with Crippen LogP contribution >= 0.6 is 11.3 Å². The summed E-state index contributed by atoms with van der Waals surface area (Å²) in [4.78, 5) is 12.8. The Morgan fingerprint density at radius 1 is 1.32 bits per heavy atom. The Kier molecular flexibility index (Phi) is 4.41. The number of hydrogen-bond donors (Lipinski definition) is 2. The molecule has 0 fully saturated rings. The van der Waals surface area contributed by atoms with Crippen LogP contribution in [0.25, 0.3) is 0 Å². The second kappa shape index (κ2) is 6.24. The lowest BCUT2D eigenvalue weighted by atomic mass is 10.2. The van der Waals surface area contributed by atoms with Crippen LogP contribution in [0.5, 0.6) is 0 Å². The molecule has 1 aromatic heterocycles. The monoisotopic (exact) mass is 276 g/mol. The average molecular weight is 276 g/mol. The maximum absolute atomic E-state index is 11.0. The zero-order chi connectivity index (χ0) is 13.7. The molecule has 0 saturated heterocycles. The maximum atomic E-state index is 11.0. The first kappa shape index (κ1) is 13.4. The number of nitrogens with two attached hydrogens (primary N) is 1. The van der Waals surface area contributed by atoms with Crippen molar-refractivity contribution < 1.29 is 9.90 Å². The molecule has 19 heavy (non-hydrogen) atoms. The Hall–Kier alpha value is -2.01. The van der Waals surface area contributed by atoms with E-state index in [0.29, 0.717) is 12.2 Å². The van der Waals surface area contributed by atoms with Crippen LogP contribution in [0.2, 0.25) is 0 Å². The Morgan fingerprint density at radius 3 is 2.74 bits per heavy atom. The standard InChI is InChI=1S/C14H16N2O2S/c15-12-3-1-2-4-13(12)16(9-14(17)18)7-5-11-6-8-19-10-11/h1-4,6,8,10H,5,7,9,15H2,(H,17,18). The summed E-state index contributed by atoms with van der Waals surface area (Å²) in [6.07, 6.45) is 0.811. The fourth-order valence-electron chi connectivity index (χ4n) is 1.92. The number of benzene rings is 1. The molecule has 0 spiro atoms. The summed E-state index contributed by atoms with van der Waals surface area (Å²) in [5, 5.41) is 13.1. The second-order valence-corrected chi connectivity index (χ2v) is 5.04. The van der Waals surface area contributed by atoms with Crippen molar-refractivity contribution in [2.45, 2.75) is 6.42 Å². The van der Waals surface area contributed by atoms with Gasteiger partial charge in [-0.15, -0.1) is 0 Å². The minimum atomic E-state index is -0.853. The number of aliphatic carboxylic acids is 1. The van der Waals surface area contributed by atoms with Crippen LogP contribution in [0, 0.1) is 0 Å². The number of rotatable bonds is 6. The van der Waals surface area contributed by atoms with Crippen molar-refractivity contribution in [1.29, 1.82) is 0 Å². The highest BCUT2D eigenvalue weighted by atomic mass is 32.1. The summed E-state index contributed by atoms with van der Waals surface area (Å²) in [6.45, 7) is 0.593. The van der Waals surface area contributed by atoms with Crippen molar-refractivity contribution in [3.63, 3.8) is 0 Å². The van der Waals surface area contributed by atoms with Crippen molar-refractivity contribution in [1.82, 2.24) is 0 Å². The molecule has 0 bridgehead atoms. The quantitative estimate of drug-likeness (QED) is 0.795. The van der Waals surface area contributed by atoms with Gasteiger partial charge in [-0.3, -0.25) is 4.79 Å². The molecule has 1 aromatic carbocycles. The van der Waals surface area contributed by atoms with Crippen LogP contribution < -0.4 is 10.6 Å². The predicted octanol–water partition coefficient (Wildman–Crippen LogP) is 2.46. The number of para-hydroxylation sites is 2. The van der Waals surface area contributed by atoms with Gasteiger partial charge in [0.25, 0.3) is 0 Å². The molecule has 4 nitrogen and oxygen atoms in total. The molecule has 2 rings (SSSR count). The first-order chi connectivity index (χ1) is 9.16. The van der Waals surface area contributed by atoms with Gasteiger partial charge in [-0.25, -0.2) is 0 Å². The average Bonchev–Trinajstić information content (AvgIpc) is 2.88. The molecule has 5 heteroatoms. The maximum Gasteiger partial charge on any atom is 0.323 e. The lowest BCUT2D eigenvalue weighted by Crippen LogP contribution is -2.32. The van der Waals surface area contributed by atoms with Gasteiger partial charge in [-0.2, -0.15) is 11.3 Å². The Balaban J connectivity index is 2.11. The van der Waals surface area contributed by atoms with Crippen molar-refractivity contribution in [2.75, 3.05) is 23.7 Å². The summed E-state index contributed by atoms with van der Waals surface area (Å²) in [5.74, 6) is -0.853. The fraction of sp³-hybridized carbons (Fsp3) is 0.214. The lowest BCUT2D eigenvalue weighted by Gasteiger charge is -2.24. The van der Waals surface area contributed by atoms with Crippen LogP contribution in [-0.4, -0.2) is 24.2 Å². The summed E-state index contributed by atoms with van der Waals surface area (Å²) in [7, 11) is 0. The lowest BCUT2D eigenvalue weighted by molar-refractivity contribution is -0.135. The number of hydrogen-bond acceptors (Lipinski definition) is 4. The van der Waals surface area contributed by atoms with Crippen LogP contribution in [0.15, 0.2) is 41.1 Å². The molecule has 0 saturated carbocycles. The highest BCUT2D eigenvalue weighted by Crippen LogP contribution is 2.22. The van der Waals surface area contributed by atoms with Crippen LogP contribution in [0.4, 0.5) is 11.4 Å². The molecule has 0 radical (unpaired) electrons. The molecular formula is C14H16N2O2S. The smallest absolute Gasteiger partial charge is 0.323 e. The number of nitrogens with zero attached hydrogens (tertiary/aromatic N) is 1. The summed E-state index contributed by atoms with van der Waals surface area (Å²) >= 11 is 1.64. The van der Waals surface area contributed by atoms with Gasteiger partial charge in [-0.05, 0) is 40.9 Å². The number of carboxylic acid groups (broad SMARTS) is 1. The van der Waals surface area contributed by atoms with Crippen molar-refractivity contribution in [3.8, 4) is 0 Å². The molecule has 0 aliphatic heterocycles. The van der Waals surface area contributed by atoms with E-state index in [1.54, 1.807) is 22.3 Å². The van der Waals surface area contributed by atoms with E-state index in [2.05, 4.69) is 11.4 Å². The zero-order valence-corrected chi connectivity index (χ0v) is 11.3. The summed E-state index contributed by atoms with van der Waals surface area (Å²) in [6, 6.07) is 9.40. The molecular weight excluding hydrogens is 260 g/mol. The molecule has 0 amide bonds. The number of anilines is 2. The third-order valence-corrected chi connectivity index (χ3v) is 3.59. The van der Waals surface area contributed by atoms with E-state index in [1.165, 1.54) is 5.56 Å². The van der Waals surface area contributed by atoms with E-state index in [0.717, 1.165) is 12.1 Å². The second-order valence-electron chi connectivity index (χ2n) is 4.26. The van der Waals surface area contributed by atoms with Gasteiger partial charge < -0.3 is 15.7 Å². The molecule has 2 aromatic rings. The van der Waals surface area contributed by atoms with E-state index in [4.69, 9.17) is 10.8 Å². The number of carboxylic acids is 1. The summed E-state index contributed by atoms with van der Waals surface area (Å²) in [5.41, 5.74) is 8.51. The predicted molar refractivity (Wildman–Crippen MR) is 78.7 cm³/mol. The van der Waals surface area contributed by atoms with Gasteiger partial charge in [0.15, 0.2) is 0 Å². The van der Waals surface area contributed by atoms with E-state index in [9.17, 15) is 4.79 Å². The Bertz CT molecular complexity index is 540. The Labute approximate surface area is 116 Å². The Morgan fingerprint density at radius 2 is 2.11 bits per heavy atom. The summed E-state index contributed by atoms with van der Waals surface area (Å²) < 4.78 is 0. The highest BCUT2D eigenvalue weighted by Gasteiger charge is 2.13. The van der Waals surface area contributed by atoms with Crippen LogP contribution in [0.3, 0.4) is 0 Å². The normalized spacial score (nSPS) is 10.3. The molecule has 0 aliphatic rings. The van der Waals surface area contributed by atoms with Crippen LogP contribution in [-0.2, 0) is 11.2 Å². The van der Waals surface area contributed by atoms with E-state index >= 15 is 0 Å². The first-order valence-corrected chi connectivity index (χ1v) is 6.93. The molecule has 0 unspecified atom stereocenters. The molecule has 1 heterocycles. The van der Waals surface area contributed by atoms with Gasteiger partial charge in [0.05, 0.1) is 11.4 Å². The molecule has 0 atom stereocenters. The van der Waals surface area contributed by atoms with E-state index in [-0.39, 0.29) is 6.54 Å². The van der Waals surface area contributed by atoms with Crippen molar-refractivity contribution in [3.05, 3.63) is 46.7 Å². The number of nitrogen functional groups attached to an aromatic ring is 1. The van der Waals surface area contributed by atoms with E-state index in [1.807, 2.05) is 23.6 Å². The van der Waals surface area contributed by atoms with Crippen LogP contribution in [0.1, 0.15) is 5.56 Å². The van der Waals surface area contributed by atoms with Gasteiger partial charge in [0.1, 0.15) is 6.54 Å². The topological polar surface area (TPSA) is 66.6 Å². The third kappa shape index (κ3) is 3.72. The minimum absolute atomic E-state index is 0.0433. The van der Waals surface area contributed by atoms with Gasteiger partial charge in [-0.1, -0.05) is 12.1 Å². The zero-order valence-electron chi connectivity index (χ0n) is 10.5. The van der Waals surface area contributed by atoms with Crippen molar-refractivity contribution in [2.24, 2.45) is 0 Å². The molecule has 0 aliphatic carbocycles. The third-order valence-electron chi connectivity index (χ3n) is 2.85. The van der Waals surface area contributed by atoms with Crippen molar-refractivity contribution >= 4 is 28.7 Å². The van der Waals surface area contributed by atoms with Gasteiger partial charge in [0.2, 0.25) is 0 Å². The van der Waals surface area contributed by atoms with E-state index < -0.39 is 5.97 Å². The number of carbonyl (C=O) groups is 1. The van der Waals surface area contributed by atoms with Gasteiger partial charge in [0, 0.05) is 6.54 Å². The molecule has 100 valence electrons. The largest absolute Gasteiger partial charge is 0.480 e. The molecule has 3 N–H and O–H groups in total. The SMILES string of the molecule is Nc1ccccc1N(CCc1ccsc1)CC(=O)O. The van der Waals surface area contributed by atoms with Gasteiger partial charge >= 0.3 is 5.97 Å². The first-order valence-electron chi connectivity index (χ1n) is 5.99. The fourth-order valence-corrected chi connectivity index (χ4v) is 2.63.